The molecule has 1 aromatic heterocycles. The fourth-order valence-electron chi connectivity index (χ4n) is 2.55. The third kappa shape index (κ3) is 4.58. The minimum atomic E-state index is -0.329. The number of hydrogen-bond acceptors (Lipinski definition) is 4. The quantitative estimate of drug-likeness (QED) is 0.633. The summed E-state index contributed by atoms with van der Waals surface area (Å²) in [7, 11) is 0. The van der Waals surface area contributed by atoms with Crippen LogP contribution in [0.25, 0.3) is 11.3 Å². The van der Waals surface area contributed by atoms with E-state index in [1.54, 1.807) is 31.2 Å². The highest BCUT2D eigenvalue weighted by atomic mass is 19.1. The average Bonchev–Trinajstić information content (AvgIpc) is 3.13. The predicted octanol–water partition coefficient (Wildman–Crippen LogP) is 4.55. The molecule has 134 valence electrons. The molecular weight excluding hydrogens is 333 g/mol. The third-order valence-electron chi connectivity index (χ3n) is 3.88. The number of nitrogens with one attached hydrogen (secondary N) is 1. The molecule has 0 saturated carbocycles. The van der Waals surface area contributed by atoms with Gasteiger partial charge in [-0.2, -0.15) is 0 Å². The van der Waals surface area contributed by atoms with Crippen LogP contribution < -0.4 is 5.32 Å². The van der Waals surface area contributed by atoms with E-state index in [2.05, 4.69) is 5.32 Å². The molecule has 0 unspecified atom stereocenters. The van der Waals surface area contributed by atoms with Crippen molar-refractivity contribution in [1.29, 1.82) is 0 Å². The first-order valence-electron chi connectivity index (χ1n) is 8.47. The zero-order chi connectivity index (χ0) is 18.4. The number of carbonyl (C=O) groups is 1. The second-order valence-corrected chi connectivity index (χ2v) is 5.79. The Morgan fingerprint density at radius 1 is 1.00 bits per heavy atom. The topological polar surface area (TPSA) is 51.5 Å². The first-order valence-corrected chi connectivity index (χ1v) is 8.47. The van der Waals surface area contributed by atoms with Crippen LogP contribution in [0, 0.1) is 5.82 Å². The van der Waals surface area contributed by atoms with Gasteiger partial charge in [0.1, 0.15) is 17.3 Å². The van der Waals surface area contributed by atoms with Crippen molar-refractivity contribution in [3.05, 3.63) is 83.4 Å². The molecule has 2 aromatic carbocycles. The lowest BCUT2D eigenvalue weighted by Crippen LogP contribution is -2.11. The molecule has 4 nitrogen and oxygen atoms in total. The molecule has 26 heavy (non-hydrogen) atoms. The van der Waals surface area contributed by atoms with Crippen molar-refractivity contribution in [3.63, 3.8) is 0 Å². The van der Waals surface area contributed by atoms with Crippen LogP contribution in [0.4, 0.5) is 4.39 Å². The van der Waals surface area contributed by atoms with Gasteiger partial charge < -0.3 is 14.5 Å². The van der Waals surface area contributed by atoms with Crippen LogP contribution >= 0.6 is 0 Å². The predicted molar refractivity (Wildman–Crippen MR) is 97.0 cm³/mol. The van der Waals surface area contributed by atoms with Gasteiger partial charge in [0.15, 0.2) is 0 Å². The van der Waals surface area contributed by atoms with E-state index in [1.807, 2.05) is 24.3 Å². The molecule has 0 aliphatic carbocycles. The molecule has 0 atom stereocenters. The molecule has 3 rings (SSSR count). The Morgan fingerprint density at radius 2 is 1.73 bits per heavy atom. The molecule has 0 bridgehead atoms. The molecular formula is C21H20FNO3. The Kier molecular flexibility index (Phi) is 5.81. The van der Waals surface area contributed by atoms with Crippen LogP contribution in [0.5, 0.6) is 0 Å². The Hall–Kier alpha value is -2.92. The zero-order valence-corrected chi connectivity index (χ0v) is 14.5. The first-order chi connectivity index (χ1) is 12.7. The van der Waals surface area contributed by atoms with E-state index in [0.29, 0.717) is 25.3 Å². The van der Waals surface area contributed by atoms with Gasteiger partial charge >= 0.3 is 5.97 Å². The Morgan fingerprint density at radius 3 is 2.42 bits per heavy atom. The fraction of sp³-hybridized carbons (Fsp3) is 0.190. The lowest BCUT2D eigenvalue weighted by atomic mass is 10.1. The van der Waals surface area contributed by atoms with Gasteiger partial charge in [-0.25, -0.2) is 9.18 Å². The number of ether oxygens (including phenoxy) is 1. The molecule has 0 radical (unpaired) electrons. The second kappa shape index (κ2) is 8.45. The molecule has 0 fully saturated rings. The summed E-state index contributed by atoms with van der Waals surface area (Å²) >= 11 is 0. The molecule has 1 heterocycles. The van der Waals surface area contributed by atoms with Gasteiger partial charge in [0.2, 0.25) is 0 Å². The minimum Gasteiger partial charge on any atom is -0.462 e. The Labute approximate surface area is 151 Å². The molecule has 0 saturated heterocycles. The highest BCUT2D eigenvalue weighted by Gasteiger charge is 2.09. The number of carbonyl (C=O) groups excluding carboxylic acids is 1. The van der Waals surface area contributed by atoms with Crippen LogP contribution in [0.15, 0.2) is 65.1 Å². The molecule has 0 aliphatic heterocycles. The largest absolute Gasteiger partial charge is 0.462 e. The number of rotatable bonds is 7. The summed E-state index contributed by atoms with van der Waals surface area (Å²) in [5.74, 6) is 0.971. The van der Waals surface area contributed by atoms with Crippen molar-refractivity contribution in [2.45, 2.75) is 20.0 Å². The van der Waals surface area contributed by atoms with Crippen LogP contribution in [-0.2, 0) is 17.8 Å². The van der Waals surface area contributed by atoms with Gasteiger partial charge in [-0.15, -0.1) is 0 Å². The summed E-state index contributed by atoms with van der Waals surface area (Å²) < 4.78 is 23.7. The molecule has 5 heteroatoms. The van der Waals surface area contributed by atoms with Gasteiger partial charge in [-0.05, 0) is 48.9 Å². The molecule has 0 spiro atoms. The van der Waals surface area contributed by atoms with Crippen molar-refractivity contribution >= 4 is 5.97 Å². The number of furan rings is 1. The molecule has 3 aromatic rings. The Bertz CT molecular complexity index is 854. The van der Waals surface area contributed by atoms with Crippen molar-refractivity contribution in [2.24, 2.45) is 0 Å². The van der Waals surface area contributed by atoms with E-state index >= 15 is 0 Å². The minimum absolute atomic E-state index is 0.238. The van der Waals surface area contributed by atoms with Crippen LogP contribution in [0.1, 0.15) is 28.6 Å². The molecule has 1 N–H and O–H groups in total. The van der Waals surface area contributed by atoms with E-state index in [9.17, 15) is 9.18 Å². The molecule has 0 amide bonds. The zero-order valence-electron chi connectivity index (χ0n) is 14.5. The van der Waals surface area contributed by atoms with Crippen molar-refractivity contribution < 1.29 is 18.3 Å². The van der Waals surface area contributed by atoms with Gasteiger partial charge in [0.05, 0.1) is 18.7 Å². The summed E-state index contributed by atoms with van der Waals surface area (Å²) in [5, 5.41) is 3.26. The third-order valence-corrected chi connectivity index (χ3v) is 3.88. The SMILES string of the molecule is CCOC(=O)c1ccc(-c2ccc(CNCc3ccc(F)cc3)o2)cc1. The van der Waals surface area contributed by atoms with E-state index in [-0.39, 0.29) is 11.8 Å². The summed E-state index contributed by atoms with van der Waals surface area (Å²) in [5.41, 5.74) is 2.42. The smallest absolute Gasteiger partial charge is 0.338 e. The lowest BCUT2D eigenvalue weighted by molar-refractivity contribution is 0.0526. The van der Waals surface area contributed by atoms with Crippen LogP contribution in [0.2, 0.25) is 0 Å². The Balaban J connectivity index is 1.57. The van der Waals surface area contributed by atoms with Gasteiger partial charge in [0, 0.05) is 12.1 Å². The summed E-state index contributed by atoms with van der Waals surface area (Å²) in [4.78, 5) is 11.7. The number of halogens is 1. The van der Waals surface area contributed by atoms with Crippen LogP contribution in [0.3, 0.4) is 0 Å². The van der Waals surface area contributed by atoms with E-state index in [4.69, 9.17) is 9.15 Å². The van der Waals surface area contributed by atoms with Gasteiger partial charge in [0.25, 0.3) is 0 Å². The lowest BCUT2D eigenvalue weighted by Gasteiger charge is -2.04. The maximum atomic E-state index is 12.9. The highest BCUT2D eigenvalue weighted by molar-refractivity contribution is 5.89. The standard InChI is InChI=1S/C21H20FNO3/c1-2-25-21(24)17-7-5-16(6-8-17)20-12-11-19(26-20)14-23-13-15-3-9-18(22)10-4-15/h3-12,23H,2,13-14H2,1H3. The van der Waals surface area contributed by atoms with Gasteiger partial charge in [-0.1, -0.05) is 24.3 Å². The van der Waals surface area contributed by atoms with E-state index in [0.717, 1.165) is 22.6 Å². The average molecular weight is 353 g/mol. The number of hydrogen-bond donors (Lipinski definition) is 1. The maximum Gasteiger partial charge on any atom is 0.338 e. The fourth-order valence-corrected chi connectivity index (χ4v) is 2.55. The first kappa shape index (κ1) is 17.9. The summed E-state index contributed by atoms with van der Waals surface area (Å²) in [6, 6.07) is 17.3. The molecule has 0 aliphatic rings. The highest BCUT2D eigenvalue weighted by Crippen LogP contribution is 2.23. The summed E-state index contributed by atoms with van der Waals surface area (Å²) in [6.45, 7) is 3.33. The second-order valence-electron chi connectivity index (χ2n) is 5.79. The normalized spacial score (nSPS) is 10.7. The van der Waals surface area contributed by atoms with Crippen molar-refractivity contribution in [2.75, 3.05) is 6.61 Å². The van der Waals surface area contributed by atoms with Crippen molar-refractivity contribution in [3.8, 4) is 11.3 Å². The van der Waals surface area contributed by atoms with Crippen LogP contribution in [-0.4, -0.2) is 12.6 Å². The number of benzene rings is 2. The van der Waals surface area contributed by atoms with Gasteiger partial charge in [-0.3, -0.25) is 0 Å². The maximum absolute atomic E-state index is 12.9. The number of esters is 1. The summed E-state index contributed by atoms with van der Waals surface area (Å²) in [6.07, 6.45) is 0. The van der Waals surface area contributed by atoms with E-state index < -0.39 is 0 Å². The monoisotopic (exact) mass is 353 g/mol. The van der Waals surface area contributed by atoms with E-state index in [1.165, 1.54) is 12.1 Å². The van der Waals surface area contributed by atoms with Crippen molar-refractivity contribution in [1.82, 2.24) is 5.32 Å².